The minimum absolute atomic E-state index is 0.652. The van der Waals surface area contributed by atoms with Crippen molar-refractivity contribution in [3.05, 3.63) is 53.6 Å². The van der Waals surface area contributed by atoms with Crippen LogP contribution in [0, 0.1) is 13.8 Å². The number of hydrogen-bond donors (Lipinski definition) is 2. The van der Waals surface area contributed by atoms with E-state index in [4.69, 9.17) is 9.73 Å². The lowest BCUT2D eigenvalue weighted by Gasteiger charge is -2.14. The second-order valence-corrected chi connectivity index (χ2v) is 4.74. The second-order valence-electron chi connectivity index (χ2n) is 4.74. The predicted octanol–water partition coefficient (Wildman–Crippen LogP) is 3.55. The normalized spacial score (nSPS) is 12.0. The molecule has 0 amide bonds. The molecule has 0 aromatic heterocycles. The molecule has 0 spiro atoms. The van der Waals surface area contributed by atoms with Crippen molar-refractivity contribution in [2.75, 3.05) is 14.2 Å². The molecule has 0 atom stereocenters. The molecule has 0 saturated heterocycles. The monoisotopic (exact) mass is 287 g/mol. The molecule has 114 valence electrons. The summed E-state index contributed by atoms with van der Waals surface area (Å²) < 4.78 is 5.27. The molecule has 2 N–H and O–H groups in total. The summed E-state index contributed by atoms with van der Waals surface area (Å²) in [6, 6.07) is 6.12. The van der Waals surface area contributed by atoms with Gasteiger partial charge >= 0.3 is 0 Å². The quantitative estimate of drug-likeness (QED) is 0.364. The molecule has 0 heterocycles. The standard InChI is InChI=1S/C17H25N3O/c1-7-17(19-14(4)16(21-6)11-18-5)20-15-10-8-9-12(2)13(15)3/h8-11,18H,4,7H2,1-3,5-6H3,(H,19,20)/b16-11+. The minimum Gasteiger partial charge on any atom is -0.493 e. The van der Waals surface area contributed by atoms with E-state index >= 15 is 0 Å². The lowest BCUT2D eigenvalue weighted by atomic mass is 10.1. The predicted molar refractivity (Wildman–Crippen MR) is 89.7 cm³/mol. The summed E-state index contributed by atoms with van der Waals surface area (Å²) in [6.45, 7) is 10.2. The lowest BCUT2D eigenvalue weighted by Crippen LogP contribution is -2.23. The highest BCUT2D eigenvalue weighted by Crippen LogP contribution is 2.21. The number of nitrogens with zero attached hydrogens (tertiary/aromatic N) is 1. The topological polar surface area (TPSA) is 45.7 Å². The van der Waals surface area contributed by atoms with Gasteiger partial charge < -0.3 is 15.4 Å². The first-order valence-corrected chi connectivity index (χ1v) is 7.05. The van der Waals surface area contributed by atoms with Crippen LogP contribution in [0.1, 0.15) is 24.5 Å². The Labute approximate surface area is 127 Å². The minimum atomic E-state index is 0.652. The van der Waals surface area contributed by atoms with Crippen molar-refractivity contribution in [2.24, 2.45) is 4.99 Å². The van der Waals surface area contributed by atoms with Crippen molar-refractivity contribution < 1.29 is 4.74 Å². The summed E-state index contributed by atoms with van der Waals surface area (Å²) in [4.78, 5) is 4.70. The zero-order chi connectivity index (χ0) is 15.8. The Morgan fingerprint density at radius 2 is 2.10 bits per heavy atom. The molecule has 0 bridgehead atoms. The van der Waals surface area contributed by atoms with Gasteiger partial charge in [-0.05, 0) is 31.0 Å². The Morgan fingerprint density at radius 3 is 2.67 bits per heavy atom. The van der Waals surface area contributed by atoms with Crippen LogP contribution in [0.4, 0.5) is 5.69 Å². The van der Waals surface area contributed by atoms with Crippen molar-refractivity contribution in [3.8, 4) is 0 Å². The van der Waals surface area contributed by atoms with Crippen LogP contribution in [0.5, 0.6) is 0 Å². The molecule has 0 saturated carbocycles. The molecule has 0 aliphatic heterocycles. The first-order chi connectivity index (χ1) is 10.0. The van der Waals surface area contributed by atoms with Gasteiger partial charge in [0.25, 0.3) is 0 Å². The van der Waals surface area contributed by atoms with Gasteiger partial charge in [0.1, 0.15) is 5.84 Å². The highest BCUT2D eigenvalue weighted by atomic mass is 16.5. The van der Waals surface area contributed by atoms with Crippen LogP contribution in [0.15, 0.2) is 47.4 Å². The van der Waals surface area contributed by atoms with Crippen LogP contribution in [-0.2, 0) is 4.74 Å². The van der Waals surface area contributed by atoms with E-state index in [9.17, 15) is 0 Å². The molecule has 4 nitrogen and oxygen atoms in total. The van der Waals surface area contributed by atoms with Crippen molar-refractivity contribution >= 4 is 11.5 Å². The summed E-state index contributed by atoms with van der Waals surface area (Å²) in [7, 11) is 3.43. The molecule has 1 rings (SSSR count). The first kappa shape index (κ1) is 16.8. The van der Waals surface area contributed by atoms with E-state index in [2.05, 4.69) is 44.1 Å². The van der Waals surface area contributed by atoms with E-state index in [1.165, 1.54) is 11.1 Å². The largest absolute Gasteiger partial charge is 0.493 e. The highest BCUT2D eigenvalue weighted by molar-refractivity contribution is 5.86. The molecule has 0 unspecified atom stereocenters. The zero-order valence-corrected chi connectivity index (χ0v) is 13.6. The molecule has 21 heavy (non-hydrogen) atoms. The Hall–Kier alpha value is -2.23. The van der Waals surface area contributed by atoms with E-state index < -0.39 is 0 Å². The van der Waals surface area contributed by atoms with Crippen molar-refractivity contribution in [1.29, 1.82) is 0 Å². The fourth-order valence-corrected chi connectivity index (χ4v) is 1.83. The number of ether oxygens (including phenoxy) is 1. The molecule has 0 fully saturated rings. The fourth-order valence-electron chi connectivity index (χ4n) is 1.83. The lowest BCUT2D eigenvalue weighted by molar-refractivity contribution is 0.296. The number of nitrogens with one attached hydrogen (secondary N) is 2. The van der Waals surface area contributed by atoms with Gasteiger partial charge in [-0.3, -0.25) is 0 Å². The third-order valence-corrected chi connectivity index (χ3v) is 3.25. The number of hydrogen-bond acceptors (Lipinski definition) is 3. The number of rotatable bonds is 6. The Kier molecular flexibility index (Phi) is 6.53. The summed E-state index contributed by atoms with van der Waals surface area (Å²) in [5.41, 5.74) is 4.08. The van der Waals surface area contributed by atoms with E-state index in [0.717, 1.165) is 17.9 Å². The van der Waals surface area contributed by atoms with Crippen LogP contribution in [0.3, 0.4) is 0 Å². The summed E-state index contributed by atoms with van der Waals surface area (Å²) in [6.07, 6.45) is 2.53. The molecular formula is C17H25N3O. The Balaban J connectivity index is 2.98. The summed E-state index contributed by atoms with van der Waals surface area (Å²) in [5, 5.41) is 6.15. The molecule has 0 radical (unpaired) electrons. The van der Waals surface area contributed by atoms with Gasteiger partial charge in [0.15, 0.2) is 5.76 Å². The maximum atomic E-state index is 5.27. The third kappa shape index (κ3) is 4.67. The molecule has 1 aromatic rings. The molecule has 1 aromatic carbocycles. The van der Waals surface area contributed by atoms with E-state index in [0.29, 0.717) is 11.5 Å². The maximum absolute atomic E-state index is 5.27. The SMILES string of the molecule is C=C(NC(CC)=Nc1cccc(C)c1C)/C(=C\NC)OC. The molecule has 0 aliphatic carbocycles. The van der Waals surface area contributed by atoms with Gasteiger partial charge in [-0.25, -0.2) is 4.99 Å². The third-order valence-electron chi connectivity index (χ3n) is 3.25. The van der Waals surface area contributed by atoms with Gasteiger partial charge in [0.05, 0.1) is 18.5 Å². The van der Waals surface area contributed by atoms with Gasteiger partial charge in [-0.1, -0.05) is 25.6 Å². The van der Waals surface area contributed by atoms with Gasteiger partial charge in [-0.2, -0.15) is 0 Å². The van der Waals surface area contributed by atoms with Crippen LogP contribution in [-0.4, -0.2) is 20.0 Å². The molecule has 0 aliphatic rings. The van der Waals surface area contributed by atoms with Gasteiger partial charge in [0, 0.05) is 19.7 Å². The van der Waals surface area contributed by atoms with Crippen molar-refractivity contribution in [2.45, 2.75) is 27.2 Å². The van der Waals surface area contributed by atoms with E-state index in [-0.39, 0.29) is 0 Å². The second kappa shape index (κ2) is 8.15. The van der Waals surface area contributed by atoms with Crippen molar-refractivity contribution in [1.82, 2.24) is 10.6 Å². The number of methoxy groups -OCH3 is 1. The zero-order valence-electron chi connectivity index (χ0n) is 13.6. The number of aryl methyl sites for hydroxylation is 1. The van der Waals surface area contributed by atoms with E-state index in [1.807, 2.05) is 19.2 Å². The molecular weight excluding hydrogens is 262 g/mol. The highest BCUT2D eigenvalue weighted by Gasteiger charge is 2.06. The Morgan fingerprint density at radius 1 is 1.38 bits per heavy atom. The summed E-state index contributed by atoms with van der Waals surface area (Å²) >= 11 is 0. The van der Waals surface area contributed by atoms with Gasteiger partial charge in [-0.15, -0.1) is 0 Å². The molecule has 4 heteroatoms. The van der Waals surface area contributed by atoms with Crippen LogP contribution in [0.25, 0.3) is 0 Å². The van der Waals surface area contributed by atoms with Crippen LogP contribution >= 0.6 is 0 Å². The number of benzene rings is 1. The fraction of sp³-hybridized carbons (Fsp3) is 0.353. The average Bonchev–Trinajstić information content (AvgIpc) is 2.48. The van der Waals surface area contributed by atoms with Crippen LogP contribution < -0.4 is 10.6 Å². The van der Waals surface area contributed by atoms with Gasteiger partial charge in [0.2, 0.25) is 0 Å². The first-order valence-electron chi connectivity index (χ1n) is 7.05. The smallest absolute Gasteiger partial charge is 0.157 e. The number of amidine groups is 1. The maximum Gasteiger partial charge on any atom is 0.157 e. The Bertz CT molecular complexity index is 559. The van der Waals surface area contributed by atoms with Crippen LogP contribution in [0.2, 0.25) is 0 Å². The van der Waals surface area contributed by atoms with Crippen molar-refractivity contribution in [3.63, 3.8) is 0 Å². The summed E-state index contributed by atoms with van der Waals surface area (Å²) in [5.74, 6) is 1.51. The van der Waals surface area contributed by atoms with E-state index in [1.54, 1.807) is 13.3 Å². The average molecular weight is 287 g/mol. The number of aliphatic imine (C=N–C) groups is 1.